The molecular weight excluding hydrogens is 270 g/mol. The minimum atomic E-state index is 0.138. The second-order valence-electron chi connectivity index (χ2n) is 6.02. The van der Waals surface area contributed by atoms with Crippen molar-refractivity contribution in [3.05, 3.63) is 17.3 Å². The number of nitrogens with zero attached hydrogens (tertiary/aromatic N) is 2. The highest BCUT2D eigenvalue weighted by Crippen LogP contribution is 2.45. The molecule has 1 N–H and O–H groups in total. The number of anilines is 1. The Morgan fingerprint density at radius 2 is 2.25 bits per heavy atom. The number of hydrogen-bond acceptors (Lipinski definition) is 5. The number of ether oxygens (including phenoxy) is 1. The fourth-order valence-electron chi connectivity index (χ4n) is 2.85. The van der Waals surface area contributed by atoms with Gasteiger partial charge in [-0.2, -0.15) is 0 Å². The van der Waals surface area contributed by atoms with E-state index >= 15 is 0 Å². The van der Waals surface area contributed by atoms with Crippen molar-refractivity contribution >= 4 is 27.4 Å². The normalized spacial score (nSPS) is 24.6. The van der Waals surface area contributed by atoms with E-state index in [1.54, 1.807) is 17.7 Å². The van der Waals surface area contributed by atoms with Crippen molar-refractivity contribution in [1.29, 1.82) is 0 Å². The lowest BCUT2D eigenvalue weighted by atomic mass is 9.64. The Hall–Kier alpha value is -1.20. The first-order valence-corrected chi connectivity index (χ1v) is 7.99. The first-order valence-electron chi connectivity index (χ1n) is 7.11. The Labute approximate surface area is 123 Å². The maximum atomic E-state index is 5.78. The number of aromatic nitrogens is 2. The molecule has 1 aliphatic rings. The van der Waals surface area contributed by atoms with Crippen LogP contribution in [0.25, 0.3) is 10.2 Å². The van der Waals surface area contributed by atoms with Crippen molar-refractivity contribution in [1.82, 2.24) is 9.97 Å². The maximum absolute atomic E-state index is 5.78. The Bertz CT molecular complexity index is 623. The highest BCUT2D eigenvalue weighted by atomic mass is 32.1. The summed E-state index contributed by atoms with van der Waals surface area (Å²) in [7, 11) is 0. The van der Waals surface area contributed by atoms with Gasteiger partial charge < -0.3 is 10.1 Å². The van der Waals surface area contributed by atoms with E-state index in [1.807, 2.05) is 0 Å². The van der Waals surface area contributed by atoms with Crippen LogP contribution in [-0.2, 0) is 4.74 Å². The molecule has 0 amide bonds. The smallest absolute Gasteiger partial charge is 0.147 e. The Kier molecular flexibility index (Phi) is 3.42. The van der Waals surface area contributed by atoms with E-state index in [0.717, 1.165) is 29.1 Å². The van der Waals surface area contributed by atoms with Gasteiger partial charge in [0.2, 0.25) is 0 Å². The van der Waals surface area contributed by atoms with Gasteiger partial charge in [0.05, 0.1) is 16.3 Å². The molecule has 0 aliphatic heterocycles. The van der Waals surface area contributed by atoms with Crippen LogP contribution in [0, 0.1) is 12.3 Å². The molecule has 0 saturated heterocycles. The summed E-state index contributed by atoms with van der Waals surface area (Å²) < 4.78 is 6.94. The Balaban J connectivity index is 1.81. The van der Waals surface area contributed by atoms with Gasteiger partial charge in [-0.1, -0.05) is 13.8 Å². The van der Waals surface area contributed by atoms with Gasteiger partial charge in [0.25, 0.3) is 0 Å². The Morgan fingerprint density at radius 3 is 2.95 bits per heavy atom. The monoisotopic (exact) mass is 291 g/mol. The molecule has 0 radical (unpaired) electrons. The lowest BCUT2D eigenvalue weighted by Gasteiger charge is -2.51. The summed E-state index contributed by atoms with van der Waals surface area (Å²) in [5.41, 5.74) is 2.42. The third-order valence-electron chi connectivity index (χ3n) is 4.39. The fourth-order valence-corrected chi connectivity index (χ4v) is 3.81. The van der Waals surface area contributed by atoms with Crippen molar-refractivity contribution in [3.8, 4) is 0 Å². The van der Waals surface area contributed by atoms with Crippen molar-refractivity contribution in [3.63, 3.8) is 0 Å². The fraction of sp³-hybridized carbons (Fsp3) is 0.600. The predicted molar refractivity (Wildman–Crippen MR) is 83.4 cm³/mol. The number of thiophene rings is 1. The molecule has 20 heavy (non-hydrogen) atoms. The largest absolute Gasteiger partial charge is 0.378 e. The number of nitrogens with one attached hydrogen (secondary N) is 1. The molecule has 2 aromatic heterocycles. The minimum absolute atomic E-state index is 0.138. The maximum Gasteiger partial charge on any atom is 0.147 e. The molecule has 4 nitrogen and oxygen atoms in total. The van der Waals surface area contributed by atoms with E-state index in [2.05, 4.69) is 48.4 Å². The molecule has 2 unspecified atom stereocenters. The van der Waals surface area contributed by atoms with Crippen LogP contribution in [0.5, 0.6) is 0 Å². The zero-order valence-electron chi connectivity index (χ0n) is 12.4. The van der Waals surface area contributed by atoms with Gasteiger partial charge in [0.15, 0.2) is 0 Å². The van der Waals surface area contributed by atoms with Gasteiger partial charge in [-0.3, -0.25) is 0 Å². The van der Waals surface area contributed by atoms with Gasteiger partial charge in [-0.15, -0.1) is 11.3 Å². The number of rotatable bonds is 4. The molecule has 1 aliphatic carbocycles. The molecule has 0 aromatic carbocycles. The van der Waals surface area contributed by atoms with Crippen LogP contribution < -0.4 is 5.32 Å². The molecule has 3 rings (SSSR count). The quantitative estimate of drug-likeness (QED) is 0.934. The van der Waals surface area contributed by atoms with Crippen LogP contribution >= 0.6 is 11.3 Å². The molecule has 2 heterocycles. The van der Waals surface area contributed by atoms with Crippen molar-refractivity contribution < 1.29 is 4.74 Å². The van der Waals surface area contributed by atoms with Gasteiger partial charge >= 0.3 is 0 Å². The summed E-state index contributed by atoms with van der Waals surface area (Å²) in [5, 5.41) is 5.73. The molecule has 1 fully saturated rings. The summed E-state index contributed by atoms with van der Waals surface area (Å²) in [6, 6.07) is 0.402. The van der Waals surface area contributed by atoms with Gasteiger partial charge in [-0.25, -0.2) is 9.97 Å². The number of fused-ring (bicyclic) bond motifs is 1. The second kappa shape index (κ2) is 4.97. The summed E-state index contributed by atoms with van der Waals surface area (Å²) in [5.74, 6) is 0.959. The summed E-state index contributed by atoms with van der Waals surface area (Å²) in [6.45, 7) is 9.44. The van der Waals surface area contributed by atoms with E-state index in [1.165, 1.54) is 5.56 Å². The molecule has 0 bridgehead atoms. The van der Waals surface area contributed by atoms with Crippen molar-refractivity contribution in [2.45, 2.75) is 46.3 Å². The number of aryl methyl sites for hydroxylation is 1. The molecule has 0 spiro atoms. The minimum Gasteiger partial charge on any atom is -0.378 e. The van der Waals surface area contributed by atoms with Gasteiger partial charge in [0.1, 0.15) is 12.1 Å². The van der Waals surface area contributed by atoms with Crippen molar-refractivity contribution in [2.75, 3.05) is 11.9 Å². The Morgan fingerprint density at radius 1 is 1.45 bits per heavy atom. The molecular formula is C15H21N3OS. The topological polar surface area (TPSA) is 47.0 Å². The van der Waals surface area contributed by atoms with Crippen molar-refractivity contribution in [2.24, 2.45) is 5.41 Å². The van der Waals surface area contributed by atoms with E-state index in [9.17, 15) is 0 Å². The molecule has 5 heteroatoms. The van der Waals surface area contributed by atoms with E-state index in [0.29, 0.717) is 12.1 Å². The van der Waals surface area contributed by atoms with Crippen LogP contribution in [-0.4, -0.2) is 28.7 Å². The highest BCUT2D eigenvalue weighted by Gasteiger charge is 2.49. The van der Waals surface area contributed by atoms with E-state index < -0.39 is 0 Å². The first kappa shape index (κ1) is 13.8. The third-order valence-corrected chi connectivity index (χ3v) is 5.48. The average Bonchev–Trinajstić information content (AvgIpc) is 2.80. The molecule has 2 atom stereocenters. The molecule has 1 saturated carbocycles. The van der Waals surface area contributed by atoms with Crippen LogP contribution in [0.1, 0.15) is 32.8 Å². The van der Waals surface area contributed by atoms with Gasteiger partial charge in [-0.05, 0) is 31.2 Å². The third kappa shape index (κ3) is 2.09. The average molecular weight is 291 g/mol. The lowest BCUT2D eigenvalue weighted by Crippen LogP contribution is -2.58. The lowest BCUT2D eigenvalue weighted by molar-refractivity contribution is -0.0976. The highest BCUT2D eigenvalue weighted by molar-refractivity contribution is 7.18. The molecule has 108 valence electrons. The van der Waals surface area contributed by atoms with Crippen LogP contribution in [0.2, 0.25) is 0 Å². The van der Waals surface area contributed by atoms with Crippen LogP contribution in [0.4, 0.5) is 5.82 Å². The summed E-state index contributed by atoms with van der Waals surface area (Å²) >= 11 is 1.71. The van der Waals surface area contributed by atoms with Crippen LogP contribution in [0.15, 0.2) is 11.7 Å². The second-order valence-corrected chi connectivity index (χ2v) is 6.90. The summed E-state index contributed by atoms with van der Waals surface area (Å²) in [6.07, 6.45) is 3.03. The number of hydrogen-bond donors (Lipinski definition) is 1. The van der Waals surface area contributed by atoms with Crippen LogP contribution in [0.3, 0.4) is 0 Å². The van der Waals surface area contributed by atoms with E-state index in [-0.39, 0.29) is 5.41 Å². The molecule has 2 aromatic rings. The zero-order valence-corrected chi connectivity index (χ0v) is 13.3. The van der Waals surface area contributed by atoms with E-state index in [4.69, 9.17) is 4.74 Å². The summed E-state index contributed by atoms with van der Waals surface area (Å²) in [4.78, 5) is 8.79. The first-order chi connectivity index (χ1) is 9.54. The SMILES string of the molecule is CCOC1CC(Nc2ncnc3c(C)csc23)C1(C)C. The zero-order chi connectivity index (χ0) is 14.3. The predicted octanol–water partition coefficient (Wildman–Crippen LogP) is 3.62. The standard InChI is InChI=1S/C15H21N3OS/c1-5-19-11-6-10(15(11,3)4)18-14-13-12(16-8-17-14)9(2)7-20-13/h7-8,10-11H,5-6H2,1-4H3,(H,16,17,18). The van der Waals surface area contributed by atoms with Gasteiger partial charge in [0, 0.05) is 18.1 Å².